The Kier molecular flexibility index (Phi) is 3.70. The highest BCUT2D eigenvalue weighted by Gasteiger charge is 2.67. The molecule has 1 unspecified atom stereocenters. The van der Waals surface area contributed by atoms with E-state index in [1.807, 2.05) is 18.2 Å². The third-order valence-corrected chi connectivity index (χ3v) is 5.71. The minimum absolute atomic E-state index is 0.00377. The highest BCUT2D eigenvalue weighted by molar-refractivity contribution is 5.90. The second kappa shape index (κ2) is 5.29. The van der Waals surface area contributed by atoms with Gasteiger partial charge >= 0.3 is 5.97 Å². The number of methoxy groups -OCH3 is 1. The Morgan fingerprint density at radius 2 is 1.77 bits per heavy atom. The molecular weight excluding hydrogens is 274 g/mol. The van der Waals surface area contributed by atoms with Gasteiger partial charge in [-0.15, -0.1) is 0 Å². The lowest BCUT2D eigenvalue weighted by molar-refractivity contribution is -0.140. The minimum atomic E-state index is -0.0965. The molecule has 2 aliphatic rings. The van der Waals surface area contributed by atoms with Crippen molar-refractivity contribution in [2.45, 2.75) is 58.0 Å². The molecule has 0 N–H and O–H groups in total. The average molecular weight is 301 g/mol. The summed E-state index contributed by atoms with van der Waals surface area (Å²) < 4.78 is 5.07. The third-order valence-electron chi connectivity index (χ3n) is 5.71. The van der Waals surface area contributed by atoms with E-state index in [1.54, 1.807) is 0 Å². The van der Waals surface area contributed by atoms with Crippen molar-refractivity contribution in [3.8, 4) is 0 Å². The fraction of sp³-hybridized carbons (Fsp3) is 0.632. The van der Waals surface area contributed by atoms with E-state index in [9.17, 15) is 4.79 Å². The molecule has 120 valence electrons. The van der Waals surface area contributed by atoms with Gasteiger partial charge in [0, 0.05) is 5.69 Å². The van der Waals surface area contributed by atoms with Gasteiger partial charge in [0.1, 0.15) is 0 Å². The maximum absolute atomic E-state index is 12.2. The van der Waals surface area contributed by atoms with Gasteiger partial charge in [0.05, 0.1) is 12.6 Å². The number of carbonyl (C=O) groups excluding carboxylic acids is 1. The van der Waals surface area contributed by atoms with E-state index in [0.29, 0.717) is 5.41 Å². The van der Waals surface area contributed by atoms with E-state index in [-0.39, 0.29) is 17.6 Å². The van der Waals surface area contributed by atoms with E-state index >= 15 is 0 Å². The molecule has 22 heavy (non-hydrogen) atoms. The van der Waals surface area contributed by atoms with E-state index in [1.165, 1.54) is 20.0 Å². The average Bonchev–Trinajstić information content (AvgIpc) is 3.14. The standard InChI is InChI=1S/C19H27NO2/c1-18(2,3)14-10-12-19(13-11-14)16(17(21)22-4)20(19)15-8-6-5-7-9-15/h5-9,14,16H,10-13H2,1-4H3. The van der Waals surface area contributed by atoms with E-state index in [4.69, 9.17) is 4.74 Å². The lowest BCUT2D eigenvalue weighted by Gasteiger charge is -2.37. The van der Waals surface area contributed by atoms with Crippen molar-refractivity contribution < 1.29 is 9.53 Å². The first kappa shape index (κ1) is 15.4. The molecule has 1 saturated carbocycles. The summed E-state index contributed by atoms with van der Waals surface area (Å²) in [6.45, 7) is 6.99. The summed E-state index contributed by atoms with van der Waals surface area (Å²) in [5.74, 6) is 0.660. The van der Waals surface area contributed by atoms with Crippen LogP contribution in [0.15, 0.2) is 30.3 Å². The summed E-state index contributed by atoms with van der Waals surface area (Å²) in [5, 5.41) is 0. The number of carbonyl (C=O) groups is 1. The molecule has 1 saturated heterocycles. The lowest BCUT2D eigenvalue weighted by Crippen LogP contribution is -2.33. The van der Waals surface area contributed by atoms with Crippen LogP contribution < -0.4 is 4.90 Å². The molecule has 1 atom stereocenters. The maximum atomic E-state index is 12.2. The van der Waals surface area contributed by atoms with E-state index in [0.717, 1.165) is 24.4 Å². The zero-order valence-corrected chi connectivity index (χ0v) is 14.1. The van der Waals surface area contributed by atoms with Gasteiger partial charge in [-0.05, 0) is 49.1 Å². The Labute approximate surface area is 133 Å². The van der Waals surface area contributed by atoms with Crippen LogP contribution in [0.25, 0.3) is 0 Å². The van der Waals surface area contributed by atoms with Crippen LogP contribution in [0.5, 0.6) is 0 Å². The van der Waals surface area contributed by atoms with Crippen molar-refractivity contribution in [3.05, 3.63) is 30.3 Å². The second-order valence-corrected chi connectivity index (χ2v) is 7.88. The minimum Gasteiger partial charge on any atom is -0.467 e. The largest absolute Gasteiger partial charge is 0.467 e. The van der Waals surface area contributed by atoms with Crippen molar-refractivity contribution >= 4 is 11.7 Å². The number of anilines is 1. The number of benzene rings is 1. The molecule has 1 heterocycles. The summed E-state index contributed by atoms with van der Waals surface area (Å²) >= 11 is 0. The monoisotopic (exact) mass is 301 g/mol. The molecule has 3 nitrogen and oxygen atoms in total. The number of hydrogen-bond donors (Lipinski definition) is 0. The molecule has 1 aromatic carbocycles. The van der Waals surface area contributed by atoms with Crippen molar-refractivity contribution in [1.29, 1.82) is 0 Å². The van der Waals surface area contributed by atoms with Crippen LogP contribution >= 0.6 is 0 Å². The second-order valence-electron chi connectivity index (χ2n) is 7.88. The van der Waals surface area contributed by atoms with E-state index < -0.39 is 0 Å². The molecule has 0 amide bonds. The van der Waals surface area contributed by atoms with Crippen LogP contribution in [0.2, 0.25) is 0 Å². The normalized spacial score (nSPS) is 31.2. The summed E-state index contributed by atoms with van der Waals surface area (Å²) in [6.07, 6.45) is 4.56. The first-order valence-electron chi connectivity index (χ1n) is 8.32. The van der Waals surface area contributed by atoms with Crippen LogP contribution in [0.3, 0.4) is 0 Å². The molecular formula is C19H27NO2. The third kappa shape index (κ3) is 2.41. The van der Waals surface area contributed by atoms with Gasteiger partial charge < -0.3 is 9.64 Å². The predicted octanol–water partition coefficient (Wildman–Crippen LogP) is 4.02. The number of para-hydroxylation sites is 1. The molecule has 0 aromatic heterocycles. The maximum Gasteiger partial charge on any atom is 0.330 e. The van der Waals surface area contributed by atoms with Gasteiger partial charge in [-0.3, -0.25) is 0 Å². The first-order valence-corrected chi connectivity index (χ1v) is 8.32. The molecule has 1 aromatic rings. The Morgan fingerprint density at radius 3 is 2.27 bits per heavy atom. The van der Waals surface area contributed by atoms with Crippen LogP contribution in [-0.4, -0.2) is 24.7 Å². The summed E-state index contributed by atoms with van der Waals surface area (Å²) in [7, 11) is 1.50. The van der Waals surface area contributed by atoms with Crippen LogP contribution in [0.4, 0.5) is 5.69 Å². The van der Waals surface area contributed by atoms with Gasteiger partial charge in [-0.25, -0.2) is 4.79 Å². The van der Waals surface area contributed by atoms with Crippen molar-refractivity contribution in [2.75, 3.05) is 12.0 Å². The van der Waals surface area contributed by atoms with Gasteiger partial charge in [-0.2, -0.15) is 0 Å². The smallest absolute Gasteiger partial charge is 0.330 e. The highest BCUT2D eigenvalue weighted by Crippen LogP contribution is 2.56. The SMILES string of the molecule is COC(=O)C1N(c2ccccc2)C12CCC(C(C)(C)C)CC2. The highest BCUT2D eigenvalue weighted by atomic mass is 16.5. The number of nitrogens with zero attached hydrogens (tertiary/aromatic N) is 1. The van der Waals surface area contributed by atoms with Gasteiger partial charge in [0.2, 0.25) is 0 Å². The Hall–Kier alpha value is -1.51. The van der Waals surface area contributed by atoms with Gasteiger partial charge in [0.25, 0.3) is 0 Å². The fourth-order valence-corrected chi connectivity index (χ4v) is 4.30. The molecule has 1 aliphatic carbocycles. The van der Waals surface area contributed by atoms with Crippen LogP contribution in [0.1, 0.15) is 46.5 Å². The van der Waals surface area contributed by atoms with Gasteiger partial charge in [0.15, 0.2) is 6.04 Å². The number of esters is 1. The van der Waals surface area contributed by atoms with Crippen molar-refractivity contribution in [3.63, 3.8) is 0 Å². The quantitative estimate of drug-likeness (QED) is 0.610. The van der Waals surface area contributed by atoms with Crippen LogP contribution in [-0.2, 0) is 9.53 Å². The Balaban J connectivity index is 1.82. The molecule has 0 radical (unpaired) electrons. The predicted molar refractivity (Wildman–Crippen MR) is 88.9 cm³/mol. The topological polar surface area (TPSA) is 29.3 Å². The van der Waals surface area contributed by atoms with Crippen molar-refractivity contribution in [1.82, 2.24) is 0 Å². The van der Waals surface area contributed by atoms with Crippen LogP contribution in [0, 0.1) is 11.3 Å². The zero-order valence-electron chi connectivity index (χ0n) is 14.1. The fourth-order valence-electron chi connectivity index (χ4n) is 4.30. The Morgan fingerprint density at radius 1 is 1.18 bits per heavy atom. The number of ether oxygens (including phenoxy) is 1. The summed E-state index contributed by atoms with van der Waals surface area (Å²) in [4.78, 5) is 14.5. The molecule has 1 aliphatic heterocycles. The molecule has 1 spiro atoms. The summed E-state index contributed by atoms with van der Waals surface area (Å²) in [5.41, 5.74) is 1.50. The van der Waals surface area contributed by atoms with Crippen molar-refractivity contribution in [2.24, 2.45) is 11.3 Å². The Bertz CT molecular complexity index is 538. The molecule has 0 bridgehead atoms. The zero-order chi connectivity index (χ0) is 16.0. The molecule has 2 fully saturated rings. The van der Waals surface area contributed by atoms with E-state index in [2.05, 4.69) is 37.8 Å². The molecule has 3 rings (SSSR count). The molecule has 3 heteroatoms. The number of rotatable bonds is 2. The van der Waals surface area contributed by atoms with Gasteiger partial charge in [-0.1, -0.05) is 39.0 Å². The lowest BCUT2D eigenvalue weighted by atomic mass is 9.69. The first-order chi connectivity index (χ1) is 10.4. The summed E-state index contributed by atoms with van der Waals surface area (Å²) in [6, 6.07) is 10.2. The number of hydrogen-bond acceptors (Lipinski definition) is 3.